The second-order valence-electron chi connectivity index (χ2n) is 5.56. The second-order valence-corrected chi connectivity index (χ2v) is 5.56. The van der Waals surface area contributed by atoms with Crippen molar-refractivity contribution in [1.82, 2.24) is 4.90 Å². The lowest BCUT2D eigenvalue weighted by Gasteiger charge is -2.41. The molecular formula is C15H22N2O2. The molecule has 2 atom stereocenters. The maximum absolute atomic E-state index is 6.32. The molecule has 2 aliphatic rings. The molecule has 19 heavy (non-hydrogen) atoms. The number of hydrogen-bond acceptors (Lipinski definition) is 4. The van der Waals surface area contributed by atoms with Crippen LogP contribution in [0.25, 0.3) is 0 Å². The third-order valence-corrected chi connectivity index (χ3v) is 4.06. The highest BCUT2D eigenvalue weighted by Gasteiger charge is 2.35. The van der Waals surface area contributed by atoms with Crippen LogP contribution in [0.15, 0.2) is 12.1 Å². The van der Waals surface area contributed by atoms with E-state index in [4.69, 9.17) is 15.2 Å². The zero-order chi connectivity index (χ0) is 13.4. The lowest BCUT2D eigenvalue weighted by atomic mass is 9.90. The van der Waals surface area contributed by atoms with E-state index < -0.39 is 0 Å². The molecule has 0 aromatic heterocycles. The van der Waals surface area contributed by atoms with E-state index in [2.05, 4.69) is 30.9 Å². The van der Waals surface area contributed by atoms with E-state index in [1.807, 2.05) is 0 Å². The van der Waals surface area contributed by atoms with Crippen LogP contribution >= 0.6 is 0 Å². The molecule has 0 saturated carbocycles. The van der Waals surface area contributed by atoms with Gasteiger partial charge < -0.3 is 15.2 Å². The van der Waals surface area contributed by atoms with E-state index in [1.54, 1.807) is 0 Å². The molecule has 1 aromatic carbocycles. The Labute approximate surface area is 114 Å². The molecule has 1 saturated heterocycles. The van der Waals surface area contributed by atoms with Gasteiger partial charge >= 0.3 is 0 Å². The number of nitrogens with zero attached hydrogens (tertiary/aromatic N) is 1. The van der Waals surface area contributed by atoms with Gasteiger partial charge in [-0.2, -0.15) is 0 Å². The molecule has 0 radical (unpaired) electrons. The van der Waals surface area contributed by atoms with Gasteiger partial charge in [0.2, 0.25) is 0 Å². The van der Waals surface area contributed by atoms with E-state index in [9.17, 15) is 0 Å². The fourth-order valence-corrected chi connectivity index (χ4v) is 3.24. The Morgan fingerprint density at radius 2 is 1.95 bits per heavy atom. The Hall–Kier alpha value is -1.10. The van der Waals surface area contributed by atoms with E-state index in [0.717, 1.165) is 32.1 Å². The van der Waals surface area contributed by atoms with Crippen molar-refractivity contribution in [3.05, 3.63) is 28.8 Å². The average Bonchev–Trinajstić information content (AvgIpc) is 2.40. The van der Waals surface area contributed by atoms with Crippen molar-refractivity contribution in [2.24, 2.45) is 5.73 Å². The zero-order valence-corrected chi connectivity index (χ0v) is 11.7. The largest absolute Gasteiger partial charge is 0.492 e. The van der Waals surface area contributed by atoms with Crippen molar-refractivity contribution in [1.29, 1.82) is 0 Å². The minimum absolute atomic E-state index is 0.0343. The average molecular weight is 262 g/mol. The lowest BCUT2D eigenvalue weighted by Crippen LogP contribution is -2.50. The van der Waals surface area contributed by atoms with Crippen LogP contribution < -0.4 is 10.5 Å². The Bertz CT molecular complexity index is 469. The molecule has 2 unspecified atom stereocenters. The van der Waals surface area contributed by atoms with Crippen LogP contribution in [-0.2, 0) is 4.74 Å². The number of fused-ring (bicyclic) bond motifs is 1. The molecule has 0 aliphatic carbocycles. The SMILES string of the molecule is Cc1cc(C)c2c(c1)OCC(N)C2N1CCOCC1. The first-order valence-electron chi connectivity index (χ1n) is 6.98. The van der Waals surface area contributed by atoms with Crippen LogP contribution in [0.4, 0.5) is 0 Å². The summed E-state index contributed by atoms with van der Waals surface area (Å²) >= 11 is 0. The van der Waals surface area contributed by atoms with Gasteiger partial charge in [-0.3, -0.25) is 4.90 Å². The Morgan fingerprint density at radius 1 is 1.21 bits per heavy atom. The van der Waals surface area contributed by atoms with E-state index in [-0.39, 0.29) is 12.1 Å². The molecule has 4 heteroatoms. The van der Waals surface area contributed by atoms with Crippen LogP contribution in [0.2, 0.25) is 0 Å². The number of nitrogens with two attached hydrogens (primary N) is 1. The summed E-state index contributed by atoms with van der Waals surface area (Å²) in [7, 11) is 0. The Kier molecular flexibility index (Phi) is 3.48. The quantitative estimate of drug-likeness (QED) is 0.831. The highest BCUT2D eigenvalue weighted by molar-refractivity contribution is 5.47. The Balaban J connectivity index is 2.00. The van der Waals surface area contributed by atoms with Gasteiger partial charge in [0.1, 0.15) is 12.4 Å². The highest BCUT2D eigenvalue weighted by atomic mass is 16.5. The van der Waals surface area contributed by atoms with Gasteiger partial charge in [0.15, 0.2) is 0 Å². The first-order valence-corrected chi connectivity index (χ1v) is 6.98. The van der Waals surface area contributed by atoms with E-state index in [1.165, 1.54) is 16.7 Å². The number of aryl methyl sites for hydroxylation is 2. The van der Waals surface area contributed by atoms with E-state index >= 15 is 0 Å². The third kappa shape index (κ3) is 2.36. The van der Waals surface area contributed by atoms with Crippen LogP contribution in [0, 0.1) is 13.8 Å². The van der Waals surface area contributed by atoms with Crippen molar-refractivity contribution in [3.63, 3.8) is 0 Å². The first kappa shape index (κ1) is 12.9. The van der Waals surface area contributed by atoms with Crippen LogP contribution in [0.1, 0.15) is 22.7 Å². The highest BCUT2D eigenvalue weighted by Crippen LogP contribution is 2.38. The molecule has 4 nitrogen and oxygen atoms in total. The molecule has 3 rings (SSSR count). The first-order chi connectivity index (χ1) is 9.16. The monoisotopic (exact) mass is 262 g/mol. The summed E-state index contributed by atoms with van der Waals surface area (Å²) in [4.78, 5) is 2.44. The maximum Gasteiger partial charge on any atom is 0.124 e. The molecule has 2 heterocycles. The van der Waals surface area contributed by atoms with Crippen molar-refractivity contribution >= 4 is 0 Å². The summed E-state index contributed by atoms with van der Waals surface area (Å²) < 4.78 is 11.3. The minimum atomic E-state index is 0.0343. The summed E-state index contributed by atoms with van der Waals surface area (Å²) in [6, 6.07) is 4.63. The van der Waals surface area contributed by atoms with Crippen LogP contribution in [0.3, 0.4) is 0 Å². The number of hydrogen-bond donors (Lipinski definition) is 1. The molecule has 2 aliphatic heterocycles. The van der Waals surface area contributed by atoms with Gasteiger partial charge in [0, 0.05) is 18.7 Å². The van der Waals surface area contributed by atoms with Gasteiger partial charge in [-0.1, -0.05) is 6.07 Å². The third-order valence-electron chi connectivity index (χ3n) is 4.06. The lowest BCUT2D eigenvalue weighted by molar-refractivity contribution is 0.00122. The molecule has 104 valence electrons. The van der Waals surface area contributed by atoms with Gasteiger partial charge in [-0.15, -0.1) is 0 Å². The van der Waals surface area contributed by atoms with Crippen molar-refractivity contribution in [3.8, 4) is 5.75 Å². The molecule has 0 amide bonds. The summed E-state index contributed by atoms with van der Waals surface area (Å²) in [5, 5.41) is 0. The predicted octanol–water partition coefficient (Wildman–Crippen LogP) is 1.40. The molecule has 1 aromatic rings. The topological polar surface area (TPSA) is 47.7 Å². The molecule has 2 N–H and O–H groups in total. The fraction of sp³-hybridized carbons (Fsp3) is 0.600. The predicted molar refractivity (Wildman–Crippen MR) is 74.5 cm³/mol. The molecular weight excluding hydrogens is 240 g/mol. The Morgan fingerprint density at radius 3 is 2.68 bits per heavy atom. The molecule has 1 fully saturated rings. The normalized spacial score (nSPS) is 27.7. The summed E-state index contributed by atoms with van der Waals surface area (Å²) in [6.07, 6.45) is 0. The standard InChI is InChI=1S/C15H22N2O2/c1-10-7-11(2)14-13(8-10)19-9-12(16)15(14)17-3-5-18-6-4-17/h7-8,12,15H,3-6,9,16H2,1-2H3. The fourth-order valence-electron chi connectivity index (χ4n) is 3.24. The van der Waals surface area contributed by atoms with Crippen molar-refractivity contribution < 1.29 is 9.47 Å². The summed E-state index contributed by atoms with van der Waals surface area (Å²) in [5.41, 5.74) is 10.1. The smallest absolute Gasteiger partial charge is 0.124 e. The summed E-state index contributed by atoms with van der Waals surface area (Å²) in [5.74, 6) is 1.01. The molecule has 0 bridgehead atoms. The van der Waals surface area contributed by atoms with Gasteiger partial charge in [0.05, 0.1) is 25.3 Å². The number of morpholine rings is 1. The maximum atomic E-state index is 6.32. The van der Waals surface area contributed by atoms with Gasteiger partial charge in [-0.25, -0.2) is 0 Å². The molecule has 0 spiro atoms. The second kappa shape index (κ2) is 5.12. The number of benzene rings is 1. The van der Waals surface area contributed by atoms with Gasteiger partial charge in [-0.05, 0) is 31.0 Å². The van der Waals surface area contributed by atoms with Crippen LogP contribution in [-0.4, -0.2) is 43.9 Å². The van der Waals surface area contributed by atoms with Crippen LogP contribution in [0.5, 0.6) is 5.75 Å². The van der Waals surface area contributed by atoms with Crippen molar-refractivity contribution in [2.75, 3.05) is 32.9 Å². The minimum Gasteiger partial charge on any atom is -0.492 e. The number of rotatable bonds is 1. The number of ether oxygens (including phenoxy) is 2. The zero-order valence-electron chi connectivity index (χ0n) is 11.7. The van der Waals surface area contributed by atoms with Gasteiger partial charge in [0.25, 0.3) is 0 Å². The van der Waals surface area contributed by atoms with E-state index in [0.29, 0.717) is 6.61 Å². The summed E-state index contributed by atoms with van der Waals surface area (Å²) in [6.45, 7) is 8.35. The van der Waals surface area contributed by atoms with Crippen molar-refractivity contribution in [2.45, 2.75) is 25.9 Å².